The van der Waals surface area contributed by atoms with E-state index in [1.165, 1.54) is 0 Å². The number of rotatable bonds is 3. The molecule has 3 N–H and O–H groups in total. The topological polar surface area (TPSA) is 55.1 Å². The van der Waals surface area contributed by atoms with Crippen LogP contribution < -0.4 is 11.1 Å². The van der Waals surface area contributed by atoms with E-state index in [0.29, 0.717) is 10.0 Å². The van der Waals surface area contributed by atoms with Crippen LogP contribution in [0, 0.1) is 5.92 Å². The van der Waals surface area contributed by atoms with Crippen LogP contribution in [0.25, 0.3) is 0 Å². The molecular weight excluding hydrogens is 303 g/mol. The first-order valence-corrected chi connectivity index (χ1v) is 7.18. The van der Waals surface area contributed by atoms with Gasteiger partial charge in [0, 0.05) is 39.5 Å². The van der Waals surface area contributed by atoms with Crippen LogP contribution >= 0.6 is 35.4 Å². The lowest BCUT2D eigenvalue weighted by Gasteiger charge is -2.35. The molecule has 0 fully saturated rings. The zero-order valence-corrected chi connectivity index (χ0v) is 12.7. The Morgan fingerprint density at radius 3 is 2.74 bits per heavy atom. The molecule has 1 amide bonds. The number of carbonyl (C=O) groups is 1. The minimum atomic E-state index is -0.352. The van der Waals surface area contributed by atoms with Gasteiger partial charge in [0.25, 0.3) is 0 Å². The molecule has 0 spiro atoms. The van der Waals surface area contributed by atoms with Crippen molar-refractivity contribution in [2.75, 3.05) is 5.32 Å². The Morgan fingerprint density at radius 1 is 1.47 bits per heavy atom. The second-order valence-electron chi connectivity index (χ2n) is 4.61. The fraction of sp³-hybridized carbons (Fsp3) is 0.385. The van der Waals surface area contributed by atoms with E-state index in [1.807, 2.05) is 6.92 Å². The van der Waals surface area contributed by atoms with Crippen molar-refractivity contribution in [3.05, 3.63) is 27.7 Å². The maximum absolute atomic E-state index is 11.2. The SMILES string of the molecule is CCC1C(=S)c2c(Cl)cc(Cl)cc2NC1CC(N)=O. The molecule has 6 heteroatoms. The van der Waals surface area contributed by atoms with E-state index in [9.17, 15) is 4.79 Å². The van der Waals surface area contributed by atoms with Crippen LogP contribution in [0.3, 0.4) is 0 Å². The van der Waals surface area contributed by atoms with Gasteiger partial charge in [-0.25, -0.2) is 0 Å². The molecule has 0 saturated heterocycles. The van der Waals surface area contributed by atoms with Gasteiger partial charge in [-0.1, -0.05) is 42.3 Å². The molecule has 0 aromatic heterocycles. The highest BCUT2D eigenvalue weighted by Gasteiger charge is 2.33. The predicted octanol–water partition coefficient (Wildman–Crippen LogP) is 3.41. The van der Waals surface area contributed by atoms with Crippen LogP contribution in [0.4, 0.5) is 5.69 Å². The molecule has 1 aliphatic rings. The van der Waals surface area contributed by atoms with Gasteiger partial charge in [0.2, 0.25) is 5.91 Å². The normalized spacial score (nSPS) is 21.7. The minimum absolute atomic E-state index is 0.0636. The minimum Gasteiger partial charge on any atom is -0.381 e. The van der Waals surface area contributed by atoms with E-state index in [4.69, 9.17) is 41.2 Å². The third-order valence-electron chi connectivity index (χ3n) is 3.33. The summed E-state index contributed by atoms with van der Waals surface area (Å²) < 4.78 is 0. The lowest BCUT2D eigenvalue weighted by molar-refractivity contribution is -0.118. The number of hydrogen-bond donors (Lipinski definition) is 2. The van der Waals surface area contributed by atoms with Gasteiger partial charge >= 0.3 is 0 Å². The summed E-state index contributed by atoms with van der Waals surface area (Å²) in [5.41, 5.74) is 6.88. The largest absolute Gasteiger partial charge is 0.381 e. The highest BCUT2D eigenvalue weighted by atomic mass is 35.5. The second kappa shape index (κ2) is 5.65. The number of nitrogens with two attached hydrogens (primary N) is 1. The molecule has 0 bridgehead atoms. The molecular formula is C13H14Cl2N2OS. The molecule has 2 rings (SSSR count). The molecule has 1 heterocycles. The summed E-state index contributed by atoms with van der Waals surface area (Å²) in [6.45, 7) is 2.03. The highest BCUT2D eigenvalue weighted by Crippen LogP contribution is 2.38. The first-order chi connectivity index (χ1) is 8.93. The third kappa shape index (κ3) is 2.86. The molecule has 102 valence electrons. The summed E-state index contributed by atoms with van der Waals surface area (Å²) in [5, 5.41) is 4.36. The zero-order chi connectivity index (χ0) is 14.2. The number of nitrogens with one attached hydrogen (secondary N) is 1. The quantitative estimate of drug-likeness (QED) is 0.840. The Morgan fingerprint density at radius 2 is 2.16 bits per heavy atom. The third-order valence-corrected chi connectivity index (χ3v) is 4.35. The van der Waals surface area contributed by atoms with Gasteiger partial charge in [0.1, 0.15) is 0 Å². The Bertz CT molecular complexity index is 548. The predicted molar refractivity (Wildman–Crippen MR) is 83.2 cm³/mol. The number of carbonyl (C=O) groups excluding carboxylic acids is 1. The van der Waals surface area contributed by atoms with E-state index in [2.05, 4.69) is 5.32 Å². The standard InChI is InChI=1S/C13H14Cl2N2OS/c1-2-7-9(5-11(16)18)17-10-4-6(14)3-8(15)12(10)13(7)19/h3-4,7,9,17H,2,5H2,1H3,(H2,16,18). The first kappa shape index (κ1) is 14.6. The molecule has 3 nitrogen and oxygen atoms in total. The van der Waals surface area contributed by atoms with Gasteiger partial charge in [0.15, 0.2) is 0 Å². The number of hydrogen-bond acceptors (Lipinski definition) is 3. The number of amides is 1. The van der Waals surface area contributed by atoms with Crippen molar-refractivity contribution in [3.63, 3.8) is 0 Å². The van der Waals surface area contributed by atoms with Gasteiger partial charge in [-0.15, -0.1) is 0 Å². The van der Waals surface area contributed by atoms with Crippen LogP contribution in [-0.2, 0) is 4.79 Å². The molecule has 19 heavy (non-hydrogen) atoms. The Hall–Kier alpha value is -0.840. The lowest BCUT2D eigenvalue weighted by Crippen LogP contribution is -2.41. The maximum Gasteiger partial charge on any atom is 0.219 e. The van der Waals surface area contributed by atoms with Crippen molar-refractivity contribution in [2.45, 2.75) is 25.8 Å². The van der Waals surface area contributed by atoms with Crippen molar-refractivity contribution >= 4 is 51.9 Å². The fourth-order valence-electron chi connectivity index (χ4n) is 2.49. The molecule has 1 aromatic rings. The summed E-state index contributed by atoms with van der Waals surface area (Å²) in [5.74, 6) is -0.288. The van der Waals surface area contributed by atoms with Gasteiger partial charge in [0.05, 0.1) is 5.02 Å². The number of anilines is 1. The van der Waals surface area contributed by atoms with Crippen LogP contribution in [0.5, 0.6) is 0 Å². The van der Waals surface area contributed by atoms with Gasteiger partial charge < -0.3 is 11.1 Å². The molecule has 1 aromatic carbocycles. The van der Waals surface area contributed by atoms with Crippen LogP contribution in [0.2, 0.25) is 10.0 Å². The van der Waals surface area contributed by atoms with E-state index in [-0.39, 0.29) is 24.3 Å². The van der Waals surface area contributed by atoms with Crippen molar-refractivity contribution < 1.29 is 4.79 Å². The first-order valence-electron chi connectivity index (χ1n) is 6.02. The van der Waals surface area contributed by atoms with E-state index in [0.717, 1.165) is 22.5 Å². The van der Waals surface area contributed by atoms with Crippen molar-refractivity contribution in [1.29, 1.82) is 0 Å². The Kier molecular flexibility index (Phi) is 4.33. The summed E-state index contributed by atoms with van der Waals surface area (Å²) in [7, 11) is 0. The molecule has 2 atom stereocenters. The fourth-order valence-corrected chi connectivity index (χ4v) is 3.69. The number of thiocarbonyl (C=S) groups is 1. The van der Waals surface area contributed by atoms with Crippen molar-refractivity contribution in [2.24, 2.45) is 11.7 Å². The van der Waals surface area contributed by atoms with Crippen molar-refractivity contribution in [3.8, 4) is 0 Å². The summed E-state index contributed by atoms with van der Waals surface area (Å²) >= 11 is 17.7. The number of primary amides is 1. The van der Waals surface area contributed by atoms with Gasteiger partial charge in [-0.2, -0.15) is 0 Å². The smallest absolute Gasteiger partial charge is 0.219 e. The van der Waals surface area contributed by atoms with E-state index in [1.54, 1.807) is 12.1 Å². The summed E-state index contributed by atoms with van der Waals surface area (Å²) in [6, 6.07) is 3.35. The number of halogens is 2. The molecule has 0 aliphatic carbocycles. The number of benzene rings is 1. The molecule has 2 unspecified atom stereocenters. The molecule has 1 aliphatic heterocycles. The van der Waals surface area contributed by atoms with Crippen LogP contribution in [0.15, 0.2) is 12.1 Å². The summed E-state index contributed by atoms with van der Waals surface area (Å²) in [6.07, 6.45) is 1.06. The second-order valence-corrected chi connectivity index (χ2v) is 5.89. The van der Waals surface area contributed by atoms with E-state index < -0.39 is 0 Å². The Labute approximate surface area is 127 Å². The maximum atomic E-state index is 11.2. The molecule has 0 radical (unpaired) electrons. The average Bonchev–Trinajstić information content (AvgIpc) is 2.26. The average molecular weight is 317 g/mol. The van der Waals surface area contributed by atoms with E-state index >= 15 is 0 Å². The van der Waals surface area contributed by atoms with Crippen molar-refractivity contribution in [1.82, 2.24) is 0 Å². The highest BCUT2D eigenvalue weighted by molar-refractivity contribution is 7.81. The monoisotopic (exact) mass is 316 g/mol. The van der Waals surface area contributed by atoms with Crippen LogP contribution in [0.1, 0.15) is 25.3 Å². The Balaban J connectivity index is 2.46. The lowest BCUT2D eigenvalue weighted by atomic mass is 9.83. The van der Waals surface area contributed by atoms with Crippen LogP contribution in [-0.4, -0.2) is 16.8 Å². The van der Waals surface area contributed by atoms with Gasteiger partial charge in [-0.3, -0.25) is 4.79 Å². The number of fused-ring (bicyclic) bond motifs is 1. The zero-order valence-electron chi connectivity index (χ0n) is 10.4. The summed E-state index contributed by atoms with van der Waals surface area (Å²) in [4.78, 5) is 11.9. The molecule has 0 saturated carbocycles. The van der Waals surface area contributed by atoms with Gasteiger partial charge in [-0.05, 0) is 18.6 Å².